The molecule has 1 amide bonds. The van der Waals surface area contributed by atoms with E-state index in [1.165, 1.54) is 32.1 Å². The maximum atomic E-state index is 12.0. The van der Waals surface area contributed by atoms with Gasteiger partial charge in [-0.15, -0.1) is 0 Å². The lowest BCUT2D eigenvalue weighted by Crippen LogP contribution is -2.42. The number of likely N-dealkylation sites (tertiary alicyclic amines) is 1. The Bertz CT molecular complexity index is 311. The average molecular weight is 253 g/mol. The van der Waals surface area contributed by atoms with Crippen LogP contribution in [0.15, 0.2) is 0 Å². The molecule has 1 saturated carbocycles. The smallest absolute Gasteiger partial charge is 0.410 e. The normalized spacial score (nSPS) is 26.2. The number of piperidine rings is 1. The Kier molecular flexibility index (Phi) is 3.61. The van der Waals surface area contributed by atoms with E-state index in [4.69, 9.17) is 4.74 Å². The number of nitrogens with zero attached hydrogens (tertiary/aromatic N) is 1. The van der Waals surface area contributed by atoms with Crippen molar-refractivity contribution in [3.05, 3.63) is 0 Å². The molecule has 1 aliphatic heterocycles. The summed E-state index contributed by atoms with van der Waals surface area (Å²) in [5, 5.41) is 0. The molecule has 18 heavy (non-hydrogen) atoms. The van der Waals surface area contributed by atoms with Gasteiger partial charge >= 0.3 is 6.09 Å². The van der Waals surface area contributed by atoms with E-state index in [1.807, 2.05) is 25.7 Å². The second kappa shape index (κ2) is 4.75. The van der Waals surface area contributed by atoms with Crippen LogP contribution in [0, 0.1) is 11.3 Å². The first-order valence-electron chi connectivity index (χ1n) is 7.34. The lowest BCUT2D eigenvalue weighted by Gasteiger charge is -2.34. The van der Waals surface area contributed by atoms with Crippen LogP contribution < -0.4 is 0 Å². The zero-order valence-electron chi connectivity index (χ0n) is 12.3. The summed E-state index contributed by atoms with van der Waals surface area (Å²) >= 11 is 0. The van der Waals surface area contributed by atoms with Gasteiger partial charge in [-0.2, -0.15) is 0 Å². The summed E-state index contributed by atoms with van der Waals surface area (Å²) in [6.45, 7) is 9.81. The minimum absolute atomic E-state index is 0.134. The molecule has 1 atom stereocenters. The van der Waals surface area contributed by atoms with Crippen molar-refractivity contribution in [1.29, 1.82) is 0 Å². The second-order valence-electron chi connectivity index (χ2n) is 7.02. The van der Waals surface area contributed by atoms with Gasteiger partial charge in [0.15, 0.2) is 0 Å². The third-order valence-electron chi connectivity index (χ3n) is 4.41. The Morgan fingerprint density at radius 1 is 1.33 bits per heavy atom. The van der Waals surface area contributed by atoms with Crippen molar-refractivity contribution in [1.82, 2.24) is 4.90 Å². The first kappa shape index (κ1) is 13.7. The van der Waals surface area contributed by atoms with Gasteiger partial charge in [0.2, 0.25) is 0 Å². The first-order valence-corrected chi connectivity index (χ1v) is 7.34. The summed E-state index contributed by atoms with van der Waals surface area (Å²) in [5.74, 6) is 0.934. The average Bonchev–Trinajstić information content (AvgIpc) is 2.90. The molecule has 3 heteroatoms. The Balaban J connectivity index is 1.79. The monoisotopic (exact) mass is 253 g/mol. The number of rotatable bonds is 2. The Morgan fingerprint density at radius 2 is 1.94 bits per heavy atom. The Labute approximate surface area is 111 Å². The first-order chi connectivity index (χ1) is 8.36. The molecule has 2 aliphatic rings. The standard InChI is InChI=1S/C15H27NO2/c1-5-6-12-11-15(12)7-9-16(10-8-15)13(17)18-14(2,3)4/h12H,5-11H2,1-4H3. The molecule has 0 aromatic carbocycles. The molecular weight excluding hydrogens is 226 g/mol. The zero-order chi connectivity index (χ0) is 13.4. The Hall–Kier alpha value is -0.730. The van der Waals surface area contributed by atoms with Crippen LogP contribution >= 0.6 is 0 Å². The predicted octanol–water partition coefficient (Wildman–Crippen LogP) is 3.82. The minimum atomic E-state index is -0.378. The quantitative estimate of drug-likeness (QED) is 0.748. The van der Waals surface area contributed by atoms with E-state index in [1.54, 1.807) is 0 Å². The molecule has 3 nitrogen and oxygen atoms in total. The summed E-state index contributed by atoms with van der Waals surface area (Å²) < 4.78 is 5.43. The highest BCUT2D eigenvalue weighted by Crippen LogP contribution is 2.61. The number of amides is 1. The van der Waals surface area contributed by atoms with E-state index in [0.717, 1.165) is 19.0 Å². The van der Waals surface area contributed by atoms with Gasteiger partial charge in [-0.1, -0.05) is 19.8 Å². The number of carbonyl (C=O) groups is 1. The van der Waals surface area contributed by atoms with Gasteiger partial charge < -0.3 is 9.64 Å². The molecular formula is C15H27NO2. The fraction of sp³-hybridized carbons (Fsp3) is 0.933. The fourth-order valence-electron chi connectivity index (χ4n) is 3.26. The molecule has 2 fully saturated rings. The van der Waals surface area contributed by atoms with Crippen molar-refractivity contribution in [2.45, 2.75) is 65.4 Å². The number of carbonyl (C=O) groups excluding carboxylic acids is 1. The van der Waals surface area contributed by atoms with Crippen molar-refractivity contribution in [3.8, 4) is 0 Å². The van der Waals surface area contributed by atoms with Gasteiger partial charge in [0.25, 0.3) is 0 Å². The van der Waals surface area contributed by atoms with Crippen LogP contribution in [0.3, 0.4) is 0 Å². The van der Waals surface area contributed by atoms with Crippen molar-refractivity contribution in [2.24, 2.45) is 11.3 Å². The van der Waals surface area contributed by atoms with E-state index < -0.39 is 0 Å². The van der Waals surface area contributed by atoms with E-state index in [0.29, 0.717) is 5.41 Å². The van der Waals surface area contributed by atoms with E-state index >= 15 is 0 Å². The summed E-state index contributed by atoms with van der Waals surface area (Å²) in [6.07, 6.45) is 6.27. The summed E-state index contributed by atoms with van der Waals surface area (Å²) in [4.78, 5) is 13.8. The zero-order valence-corrected chi connectivity index (χ0v) is 12.3. The van der Waals surface area contributed by atoms with Crippen LogP contribution in [0.25, 0.3) is 0 Å². The maximum Gasteiger partial charge on any atom is 0.410 e. The van der Waals surface area contributed by atoms with Gasteiger partial charge in [0.05, 0.1) is 0 Å². The molecule has 104 valence electrons. The van der Waals surface area contributed by atoms with Crippen LogP contribution in [0.4, 0.5) is 4.79 Å². The Morgan fingerprint density at radius 3 is 2.44 bits per heavy atom. The molecule has 0 aromatic rings. The summed E-state index contributed by atoms with van der Waals surface area (Å²) in [7, 11) is 0. The molecule has 1 heterocycles. The number of hydrogen-bond donors (Lipinski definition) is 0. The molecule has 0 N–H and O–H groups in total. The van der Waals surface area contributed by atoms with Crippen molar-refractivity contribution >= 4 is 6.09 Å². The van der Waals surface area contributed by atoms with E-state index in [2.05, 4.69) is 6.92 Å². The number of hydrogen-bond acceptors (Lipinski definition) is 2. The van der Waals surface area contributed by atoms with Crippen molar-refractivity contribution in [2.75, 3.05) is 13.1 Å². The number of ether oxygens (including phenoxy) is 1. The van der Waals surface area contributed by atoms with Gasteiger partial charge in [0, 0.05) is 13.1 Å². The van der Waals surface area contributed by atoms with Crippen LogP contribution in [-0.4, -0.2) is 29.7 Å². The second-order valence-corrected chi connectivity index (χ2v) is 7.02. The van der Waals surface area contributed by atoms with E-state index in [-0.39, 0.29) is 11.7 Å². The molecule has 1 aliphatic carbocycles. The minimum Gasteiger partial charge on any atom is -0.444 e. The van der Waals surface area contributed by atoms with Crippen molar-refractivity contribution in [3.63, 3.8) is 0 Å². The molecule has 2 rings (SSSR count). The highest BCUT2D eigenvalue weighted by atomic mass is 16.6. The van der Waals surface area contributed by atoms with Crippen LogP contribution in [-0.2, 0) is 4.74 Å². The molecule has 0 bridgehead atoms. The van der Waals surface area contributed by atoms with E-state index in [9.17, 15) is 4.79 Å². The lowest BCUT2D eigenvalue weighted by atomic mass is 9.90. The van der Waals surface area contributed by atoms with Crippen LogP contribution in [0.5, 0.6) is 0 Å². The SMILES string of the molecule is CCCC1CC12CCN(C(=O)OC(C)(C)C)CC2. The fourth-order valence-corrected chi connectivity index (χ4v) is 3.26. The van der Waals surface area contributed by atoms with Crippen LogP contribution in [0.2, 0.25) is 0 Å². The van der Waals surface area contributed by atoms with Gasteiger partial charge in [0.1, 0.15) is 5.60 Å². The molecule has 0 aromatic heterocycles. The van der Waals surface area contributed by atoms with Crippen molar-refractivity contribution < 1.29 is 9.53 Å². The third kappa shape index (κ3) is 2.99. The third-order valence-corrected chi connectivity index (χ3v) is 4.41. The molecule has 1 spiro atoms. The summed E-state index contributed by atoms with van der Waals surface area (Å²) in [6, 6.07) is 0. The maximum absolute atomic E-state index is 12.0. The summed E-state index contributed by atoms with van der Waals surface area (Å²) in [5.41, 5.74) is 0.213. The molecule has 1 saturated heterocycles. The molecule has 1 unspecified atom stereocenters. The lowest BCUT2D eigenvalue weighted by molar-refractivity contribution is 0.0164. The van der Waals surface area contributed by atoms with Crippen LogP contribution in [0.1, 0.15) is 59.8 Å². The highest BCUT2D eigenvalue weighted by molar-refractivity contribution is 5.68. The molecule has 0 radical (unpaired) electrons. The topological polar surface area (TPSA) is 29.5 Å². The predicted molar refractivity (Wildman–Crippen MR) is 72.5 cm³/mol. The van der Waals surface area contributed by atoms with Gasteiger partial charge in [-0.05, 0) is 51.4 Å². The highest BCUT2D eigenvalue weighted by Gasteiger charge is 2.54. The van der Waals surface area contributed by atoms with Gasteiger partial charge in [-0.3, -0.25) is 0 Å². The van der Waals surface area contributed by atoms with Gasteiger partial charge in [-0.25, -0.2) is 4.79 Å². The largest absolute Gasteiger partial charge is 0.444 e.